The van der Waals surface area contributed by atoms with Crippen LogP contribution in [0, 0.1) is 10.1 Å². The summed E-state index contributed by atoms with van der Waals surface area (Å²) in [5.41, 5.74) is 1.71. The number of amidine groups is 1. The maximum atomic E-state index is 11.5. The third-order valence-corrected chi connectivity index (χ3v) is 6.20. The first-order valence-electron chi connectivity index (χ1n) is 8.86. The number of nitrogens with zero attached hydrogens (tertiary/aromatic N) is 4. The lowest BCUT2D eigenvalue weighted by molar-refractivity contribution is -0.385. The van der Waals surface area contributed by atoms with E-state index in [-0.39, 0.29) is 23.5 Å². The first-order chi connectivity index (χ1) is 13.1. The average Bonchev–Trinajstić information content (AvgIpc) is 3.27. The Morgan fingerprint density at radius 2 is 2.22 bits per heavy atom. The Kier molecular flexibility index (Phi) is 4.73. The van der Waals surface area contributed by atoms with Gasteiger partial charge in [-0.05, 0) is 30.2 Å². The molecule has 0 saturated carbocycles. The number of benzene rings is 1. The fourth-order valence-electron chi connectivity index (χ4n) is 3.74. The van der Waals surface area contributed by atoms with Gasteiger partial charge in [0.05, 0.1) is 23.8 Å². The minimum Gasteiger partial charge on any atom is -0.490 e. The van der Waals surface area contributed by atoms with Crippen molar-refractivity contribution in [2.24, 2.45) is 4.99 Å². The Balaban J connectivity index is 1.82. The quantitative estimate of drug-likeness (QED) is 0.573. The number of fused-ring (bicyclic) bond motifs is 1. The van der Waals surface area contributed by atoms with E-state index in [1.165, 1.54) is 7.11 Å². The number of methoxy groups -OCH3 is 1. The van der Waals surface area contributed by atoms with Crippen molar-refractivity contribution >= 4 is 22.6 Å². The highest BCUT2D eigenvalue weighted by Gasteiger charge is 2.45. The van der Waals surface area contributed by atoms with Crippen molar-refractivity contribution in [3.05, 3.63) is 64.0 Å². The smallest absolute Gasteiger partial charge is 0.311 e. The predicted molar refractivity (Wildman–Crippen MR) is 105 cm³/mol. The van der Waals surface area contributed by atoms with Crippen LogP contribution >= 0.6 is 11.8 Å². The van der Waals surface area contributed by atoms with Crippen molar-refractivity contribution in [3.8, 4) is 5.75 Å². The maximum Gasteiger partial charge on any atom is 0.311 e. The molecular formula is C19H20N4O3S. The van der Waals surface area contributed by atoms with Gasteiger partial charge in [0.2, 0.25) is 0 Å². The van der Waals surface area contributed by atoms with Crippen LogP contribution in [0.4, 0.5) is 5.69 Å². The summed E-state index contributed by atoms with van der Waals surface area (Å²) in [7, 11) is 1.44. The van der Waals surface area contributed by atoms with Crippen LogP contribution in [0.1, 0.15) is 36.7 Å². The van der Waals surface area contributed by atoms with Crippen LogP contribution < -0.4 is 4.74 Å². The van der Waals surface area contributed by atoms with Gasteiger partial charge in [-0.3, -0.25) is 20.1 Å². The van der Waals surface area contributed by atoms with Gasteiger partial charge in [-0.1, -0.05) is 30.8 Å². The molecule has 2 aliphatic rings. The summed E-state index contributed by atoms with van der Waals surface area (Å²) in [4.78, 5) is 22.9. The number of hydrogen-bond donors (Lipinski definition) is 0. The van der Waals surface area contributed by atoms with Crippen LogP contribution in [0.15, 0.2) is 47.6 Å². The molecule has 3 atom stereocenters. The molecule has 0 unspecified atom stereocenters. The van der Waals surface area contributed by atoms with E-state index in [0.717, 1.165) is 28.6 Å². The van der Waals surface area contributed by atoms with Crippen LogP contribution in [0.25, 0.3) is 0 Å². The molecule has 1 aromatic heterocycles. The first-order valence-corrected chi connectivity index (χ1v) is 9.84. The number of nitro groups is 1. The van der Waals surface area contributed by atoms with Crippen molar-refractivity contribution in [2.45, 2.75) is 31.5 Å². The zero-order valence-corrected chi connectivity index (χ0v) is 15.9. The Hall–Kier alpha value is -2.61. The molecule has 0 spiro atoms. The van der Waals surface area contributed by atoms with Crippen molar-refractivity contribution in [1.82, 2.24) is 9.88 Å². The highest BCUT2D eigenvalue weighted by molar-refractivity contribution is 8.14. The SMILES string of the molecule is CC[C@@H]1CSC2=N[C@@H](c3ccccn3)[C@H](c3ccc(OC)c([N+](=O)[O-])c3)N21. The van der Waals surface area contributed by atoms with Crippen LogP contribution in [0.5, 0.6) is 5.75 Å². The van der Waals surface area contributed by atoms with E-state index < -0.39 is 4.92 Å². The molecule has 7 nitrogen and oxygen atoms in total. The van der Waals surface area contributed by atoms with Crippen LogP contribution in [0.3, 0.4) is 0 Å². The lowest BCUT2D eigenvalue weighted by Gasteiger charge is -2.31. The number of pyridine rings is 1. The van der Waals surface area contributed by atoms with Crippen molar-refractivity contribution in [1.29, 1.82) is 0 Å². The van der Waals surface area contributed by atoms with E-state index in [2.05, 4.69) is 16.8 Å². The zero-order chi connectivity index (χ0) is 19.0. The lowest BCUT2D eigenvalue weighted by atomic mass is 9.94. The van der Waals surface area contributed by atoms with E-state index in [4.69, 9.17) is 9.73 Å². The summed E-state index contributed by atoms with van der Waals surface area (Å²) in [5, 5.41) is 12.5. The zero-order valence-electron chi connectivity index (χ0n) is 15.1. The standard InChI is InChI=1S/C19H20N4O3S/c1-3-13-11-27-19-21-17(14-6-4-5-9-20-14)18(22(13)19)12-7-8-16(26-2)15(10-12)23(24)25/h4-10,13,17-18H,3,11H2,1-2H3/t13-,17+,18+/m1/s1. The molecule has 27 heavy (non-hydrogen) atoms. The third-order valence-electron chi connectivity index (χ3n) is 5.07. The Labute approximate surface area is 161 Å². The minimum atomic E-state index is -0.398. The monoisotopic (exact) mass is 384 g/mol. The molecule has 2 aliphatic heterocycles. The molecule has 4 rings (SSSR count). The number of nitro benzene ring substituents is 1. The first kappa shape index (κ1) is 17.8. The van der Waals surface area contributed by atoms with Crippen molar-refractivity contribution in [3.63, 3.8) is 0 Å². The summed E-state index contributed by atoms with van der Waals surface area (Å²) >= 11 is 1.75. The minimum absolute atomic E-state index is 0.0249. The van der Waals surface area contributed by atoms with E-state index >= 15 is 0 Å². The van der Waals surface area contributed by atoms with Crippen LogP contribution in [-0.4, -0.2) is 38.9 Å². The highest BCUT2D eigenvalue weighted by Crippen LogP contribution is 2.49. The second kappa shape index (κ2) is 7.19. The topological polar surface area (TPSA) is 80.9 Å². The van der Waals surface area contributed by atoms with Crippen molar-refractivity contribution in [2.75, 3.05) is 12.9 Å². The predicted octanol–water partition coefficient (Wildman–Crippen LogP) is 3.98. The average molecular weight is 384 g/mol. The third kappa shape index (κ3) is 3.03. The van der Waals surface area contributed by atoms with Gasteiger partial charge in [-0.15, -0.1) is 0 Å². The highest BCUT2D eigenvalue weighted by atomic mass is 32.2. The van der Waals surface area contributed by atoms with Gasteiger partial charge in [-0.2, -0.15) is 0 Å². The van der Waals surface area contributed by atoms with Gasteiger partial charge in [0.25, 0.3) is 0 Å². The maximum absolute atomic E-state index is 11.5. The molecule has 1 saturated heterocycles. The van der Waals surface area contributed by atoms with Gasteiger partial charge in [-0.25, -0.2) is 0 Å². The lowest BCUT2D eigenvalue weighted by Crippen LogP contribution is -2.35. The van der Waals surface area contributed by atoms with Gasteiger partial charge in [0.15, 0.2) is 10.9 Å². The number of aliphatic imine (C=N–C) groups is 1. The molecule has 0 bridgehead atoms. The molecule has 0 N–H and O–H groups in total. The summed E-state index contributed by atoms with van der Waals surface area (Å²) in [6.45, 7) is 2.16. The van der Waals surface area contributed by atoms with E-state index in [1.54, 1.807) is 30.1 Å². The molecule has 0 radical (unpaired) electrons. The Bertz CT molecular complexity index is 890. The van der Waals surface area contributed by atoms with Gasteiger partial charge >= 0.3 is 5.69 Å². The molecule has 140 valence electrons. The second-order valence-corrected chi connectivity index (χ2v) is 7.51. The van der Waals surface area contributed by atoms with Crippen LogP contribution in [-0.2, 0) is 0 Å². The van der Waals surface area contributed by atoms with Crippen molar-refractivity contribution < 1.29 is 9.66 Å². The molecule has 0 amide bonds. The summed E-state index contributed by atoms with van der Waals surface area (Å²) in [5.74, 6) is 1.25. The molecular weight excluding hydrogens is 364 g/mol. The molecule has 3 heterocycles. The van der Waals surface area contributed by atoms with E-state index in [1.807, 2.05) is 24.3 Å². The Morgan fingerprint density at radius 1 is 1.37 bits per heavy atom. The number of hydrogen-bond acceptors (Lipinski definition) is 7. The summed E-state index contributed by atoms with van der Waals surface area (Å²) in [6.07, 6.45) is 2.76. The van der Waals surface area contributed by atoms with Gasteiger partial charge < -0.3 is 9.64 Å². The fourth-order valence-corrected chi connectivity index (χ4v) is 5.08. The largest absolute Gasteiger partial charge is 0.490 e. The van der Waals surface area contributed by atoms with E-state index in [0.29, 0.717) is 6.04 Å². The molecule has 0 aliphatic carbocycles. The number of ether oxygens (including phenoxy) is 1. The molecule has 1 fully saturated rings. The molecule has 1 aromatic carbocycles. The summed E-state index contributed by atoms with van der Waals surface area (Å²) in [6, 6.07) is 11.0. The van der Waals surface area contributed by atoms with Gasteiger partial charge in [0, 0.05) is 24.1 Å². The molecule has 2 aromatic rings. The van der Waals surface area contributed by atoms with Crippen LogP contribution in [0.2, 0.25) is 0 Å². The number of rotatable bonds is 5. The number of thioether (sulfide) groups is 1. The Morgan fingerprint density at radius 3 is 2.89 bits per heavy atom. The van der Waals surface area contributed by atoms with Gasteiger partial charge in [0.1, 0.15) is 6.04 Å². The molecule has 8 heteroatoms. The fraction of sp³-hybridized carbons (Fsp3) is 0.368. The summed E-state index contributed by atoms with van der Waals surface area (Å²) < 4.78 is 5.16. The number of aromatic nitrogens is 1. The van der Waals surface area contributed by atoms with E-state index in [9.17, 15) is 10.1 Å². The normalized spacial score (nSPS) is 23.9. The second-order valence-electron chi connectivity index (χ2n) is 6.52.